The van der Waals surface area contributed by atoms with Gasteiger partial charge in [0.2, 0.25) is 0 Å². The van der Waals surface area contributed by atoms with Gasteiger partial charge in [0.05, 0.1) is 0 Å². The van der Waals surface area contributed by atoms with Crippen LogP contribution in [0.4, 0.5) is 10.1 Å². The van der Waals surface area contributed by atoms with Crippen LogP contribution in [0.1, 0.15) is 39.2 Å². The van der Waals surface area contributed by atoms with Gasteiger partial charge < -0.3 is 10.2 Å². The van der Waals surface area contributed by atoms with Crippen molar-refractivity contribution in [3.63, 3.8) is 0 Å². The summed E-state index contributed by atoms with van der Waals surface area (Å²) in [7, 11) is 0. The van der Waals surface area contributed by atoms with Crippen LogP contribution in [0, 0.1) is 24.6 Å². The molecular weight excluding hydrogens is 263 g/mol. The lowest BCUT2D eigenvalue weighted by atomic mass is 9.87. The first kappa shape index (κ1) is 14.8. The molecule has 1 aromatic rings. The summed E-state index contributed by atoms with van der Waals surface area (Å²) in [5.41, 5.74) is 2.44. The highest BCUT2D eigenvalue weighted by Gasteiger charge is 2.46. The Hall–Kier alpha value is -1.09. The molecule has 1 aliphatic carbocycles. The largest absolute Gasteiger partial charge is 0.365 e. The van der Waals surface area contributed by atoms with E-state index in [0.717, 1.165) is 24.6 Å². The maximum absolute atomic E-state index is 13.4. The molecule has 2 atom stereocenters. The number of rotatable bonds is 3. The molecule has 2 nitrogen and oxygen atoms in total. The smallest absolute Gasteiger partial charge is 0.123 e. The monoisotopic (exact) mass is 290 g/mol. The van der Waals surface area contributed by atoms with Crippen LogP contribution in [-0.2, 0) is 0 Å². The van der Waals surface area contributed by atoms with Crippen molar-refractivity contribution in [1.82, 2.24) is 5.32 Å². The second-order valence-corrected chi connectivity index (χ2v) is 7.44. The molecule has 3 rings (SSSR count). The number of nitrogens with zero attached hydrogens (tertiary/aromatic N) is 1. The fourth-order valence-corrected chi connectivity index (χ4v) is 3.77. The topological polar surface area (TPSA) is 15.3 Å². The normalized spacial score (nSPS) is 30.0. The van der Waals surface area contributed by atoms with Crippen LogP contribution in [0.25, 0.3) is 0 Å². The molecule has 0 amide bonds. The minimum Gasteiger partial charge on any atom is -0.365 e. The molecule has 1 saturated carbocycles. The zero-order valence-corrected chi connectivity index (χ0v) is 13.6. The highest BCUT2D eigenvalue weighted by molar-refractivity contribution is 5.55. The van der Waals surface area contributed by atoms with E-state index < -0.39 is 0 Å². The third kappa shape index (κ3) is 2.80. The third-order valence-corrected chi connectivity index (χ3v) is 5.33. The first-order chi connectivity index (χ1) is 9.90. The van der Waals surface area contributed by atoms with Gasteiger partial charge in [0, 0.05) is 30.4 Å². The van der Waals surface area contributed by atoms with E-state index >= 15 is 0 Å². The van der Waals surface area contributed by atoms with Crippen molar-refractivity contribution in [3.05, 3.63) is 29.6 Å². The van der Waals surface area contributed by atoms with E-state index in [9.17, 15) is 4.39 Å². The molecule has 0 aromatic heterocycles. The average Bonchev–Trinajstić information content (AvgIpc) is 3.22. The molecule has 0 bridgehead atoms. The van der Waals surface area contributed by atoms with Gasteiger partial charge in [-0.2, -0.15) is 0 Å². The van der Waals surface area contributed by atoms with Gasteiger partial charge in [-0.25, -0.2) is 4.39 Å². The highest BCUT2D eigenvalue weighted by Crippen LogP contribution is 2.43. The first-order valence-corrected chi connectivity index (χ1v) is 8.18. The van der Waals surface area contributed by atoms with E-state index in [-0.39, 0.29) is 11.4 Å². The van der Waals surface area contributed by atoms with Crippen molar-refractivity contribution in [2.75, 3.05) is 18.0 Å². The van der Waals surface area contributed by atoms with Crippen molar-refractivity contribution < 1.29 is 4.39 Å². The molecular formula is C18H27FN2. The van der Waals surface area contributed by atoms with Gasteiger partial charge in [-0.15, -0.1) is 0 Å². The van der Waals surface area contributed by atoms with Gasteiger partial charge >= 0.3 is 0 Å². The van der Waals surface area contributed by atoms with Crippen LogP contribution in [0.2, 0.25) is 0 Å². The summed E-state index contributed by atoms with van der Waals surface area (Å²) >= 11 is 0. The molecule has 2 unspecified atom stereocenters. The van der Waals surface area contributed by atoms with E-state index in [4.69, 9.17) is 0 Å². The van der Waals surface area contributed by atoms with Gasteiger partial charge in [-0.05, 0) is 62.3 Å². The molecule has 3 heteroatoms. The van der Waals surface area contributed by atoms with Crippen molar-refractivity contribution in [1.29, 1.82) is 0 Å². The Morgan fingerprint density at radius 2 is 2.05 bits per heavy atom. The summed E-state index contributed by atoms with van der Waals surface area (Å²) in [6, 6.07) is 5.68. The Morgan fingerprint density at radius 1 is 1.33 bits per heavy atom. The average molecular weight is 290 g/mol. The Bertz CT molecular complexity index is 524. The minimum absolute atomic E-state index is 0.141. The molecule has 21 heavy (non-hydrogen) atoms. The Balaban J connectivity index is 1.93. The summed E-state index contributed by atoms with van der Waals surface area (Å²) in [6.45, 7) is 11.0. The van der Waals surface area contributed by atoms with E-state index in [2.05, 4.69) is 31.0 Å². The van der Waals surface area contributed by atoms with E-state index in [1.165, 1.54) is 18.5 Å². The zero-order chi connectivity index (χ0) is 15.2. The first-order valence-electron chi connectivity index (χ1n) is 8.18. The number of hydrogen-bond acceptors (Lipinski definition) is 2. The van der Waals surface area contributed by atoms with Gasteiger partial charge in [0.1, 0.15) is 5.82 Å². The maximum atomic E-state index is 13.4. The van der Waals surface area contributed by atoms with Gasteiger partial charge in [0.15, 0.2) is 0 Å². The highest BCUT2D eigenvalue weighted by atomic mass is 19.1. The Kier molecular flexibility index (Phi) is 3.73. The van der Waals surface area contributed by atoms with Gasteiger partial charge in [-0.1, -0.05) is 13.8 Å². The van der Waals surface area contributed by atoms with Crippen molar-refractivity contribution in [2.45, 2.75) is 52.1 Å². The molecule has 1 heterocycles. The van der Waals surface area contributed by atoms with Gasteiger partial charge in [-0.3, -0.25) is 0 Å². The van der Waals surface area contributed by atoms with Crippen LogP contribution in [0.5, 0.6) is 0 Å². The number of halogens is 1. The van der Waals surface area contributed by atoms with E-state index in [0.29, 0.717) is 12.0 Å². The summed E-state index contributed by atoms with van der Waals surface area (Å²) in [6.07, 6.45) is 2.68. The molecule has 116 valence electrons. The van der Waals surface area contributed by atoms with Crippen molar-refractivity contribution >= 4 is 5.69 Å². The minimum atomic E-state index is -0.141. The summed E-state index contributed by atoms with van der Waals surface area (Å²) < 4.78 is 13.4. The molecule has 1 aromatic carbocycles. The number of hydrogen-bond donors (Lipinski definition) is 1. The molecule has 0 radical (unpaired) electrons. The quantitative estimate of drug-likeness (QED) is 0.912. The van der Waals surface area contributed by atoms with E-state index in [1.807, 2.05) is 13.0 Å². The predicted molar refractivity (Wildman–Crippen MR) is 86.2 cm³/mol. The lowest BCUT2D eigenvalue weighted by Crippen LogP contribution is -2.65. The van der Waals surface area contributed by atoms with Crippen molar-refractivity contribution in [2.24, 2.45) is 11.8 Å². The number of piperazine rings is 1. The van der Waals surface area contributed by atoms with E-state index in [1.54, 1.807) is 12.1 Å². The predicted octanol–water partition coefficient (Wildman–Crippen LogP) is 3.74. The summed E-state index contributed by atoms with van der Waals surface area (Å²) in [5.74, 6) is 1.23. The molecule has 2 aliphatic rings. The summed E-state index contributed by atoms with van der Waals surface area (Å²) in [5, 5.41) is 3.80. The summed E-state index contributed by atoms with van der Waals surface area (Å²) in [4.78, 5) is 2.52. The zero-order valence-electron chi connectivity index (χ0n) is 13.6. The number of benzene rings is 1. The molecule has 2 fully saturated rings. The molecule has 1 N–H and O–H groups in total. The second kappa shape index (κ2) is 5.28. The molecule has 1 saturated heterocycles. The van der Waals surface area contributed by atoms with Crippen molar-refractivity contribution in [3.8, 4) is 0 Å². The maximum Gasteiger partial charge on any atom is 0.123 e. The van der Waals surface area contributed by atoms with Crippen LogP contribution >= 0.6 is 0 Å². The third-order valence-electron chi connectivity index (χ3n) is 5.33. The van der Waals surface area contributed by atoms with Crippen LogP contribution in [0.15, 0.2) is 18.2 Å². The second-order valence-electron chi connectivity index (χ2n) is 7.44. The standard InChI is InChI=1S/C18H27FN2/c1-12(2)17-10-20-18(4,14-5-6-14)11-21(17)16-8-7-15(19)9-13(16)3/h7-9,12,14,17,20H,5-6,10-11H2,1-4H3. The number of aryl methyl sites for hydroxylation is 1. The SMILES string of the molecule is Cc1cc(F)ccc1N1CC(C)(C2CC2)NCC1C(C)C. The number of nitrogens with one attached hydrogen (secondary N) is 1. The van der Waals surface area contributed by atoms with Crippen LogP contribution in [-0.4, -0.2) is 24.7 Å². The fraction of sp³-hybridized carbons (Fsp3) is 0.667. The molecule has 1 aliphatic heterocycles. The lowest BCUT2D eigenvalue weighted by molar-refractivity contribution is 0.233. The number of anilines is 1. The van der Waals surface area contributed by atoms with Gasteiger partial charge in [0.25, 0.3) is 0 Å². The fourth-order valence-electron chi connectivity index (χ4n) is 3.77. The lowest BCUT2D eigenvalue weighted by Gasteiger charge is -2.49. The van der Waals surface area contributed by atoms with Crippen LogP contribution in [0.3, 0.4) is 0 Å². The Labute approximate surface area is 127 Å². The van der Waals surface area contributed by atoms with Crippen LogP contribution < -0.4 is 10.2 Å². The molecule has 0 spiro atoms. The Morgan fingerprint density at radius 3 is 2.62 bits per heavy atom.